The predicted octanol–water partition coefficient (Wildman–Crippen LogP) is 5.17. The van der Waals surface area contributed by atoms with Crippen molar-refractivity contribution >= 4 is 5.57 Å². The van der Waals surface area contributed by atoms with Gasteiger partial charge in [0.1, 0.15) is 0 Å². The molecule has 0 bridgehead atoms. The zero-order valence-electron chi connectivity index (χ0n) is 11.9. The van der Waals surface area contributed by atoms with Crippen LogP contribution in [0.1, 0.15) is 26.3 Å². The number of hydrogen-bond acceptors (Lipinski definition) is 0. The van der Waals surface area contributed by atoms with Gasteiger partial charge in [0.15, 0.2) is 0 Å². The van der Waals surface area contributed by atoms with E-state index in [0.29, 0.717) is 11.8 Å². The molecule has 0 N–H and O–H groups in total. The van der Waals surface area contributed by atoms with E-state index in [-0.39, 0.29) is 0 Å². The zero-order valence-corrected chi connectivity index (χ0v) is 11.9. The molecule has 19 heavy (non-hydrogen) atoms. The molecule has 0 nitrogen and oxygen atoms in total. The van der Waals surface area contributed by atoms with Crippen molar-refractivity contribution in [3.63, 3.8) is 0 Å². The standard InChI is InChI=1S/C19H20/c1-13(2)16-11-17-9-14(3)10-18(19(17)12-16)15-7-5-4-6-8-15/h4-13,19H,1-3H3. The maximum Gasteiger partial charge on any atom is 0.0281 e. The van der Waals surface area contributed by atoms with Gasteiger partial charge in [-0.05, 0) is 35.1 Å². The van der Waals surface area contributed by atoms with E-state index in [4.69, 9.17) is 0 Å². The fourth-order valence-corrected chi connectivity index (χ4v) is 2.91. The fraction of sp³-hybridized carbons (Fsp3) is 0.263. The van der Waals surface area contributed by atoms with Crippen LogP contribution >= 0.6 is 0 Å². The fourth-order valence-electron chi connectivity index (χ4n) is 2.91. The molecule has 0 saturated heterocycles. The average molecular weight is 248 g/mol. The van der Waals surface area contributed by atoms with Crippen molar-refractivity contribution in [2.24, 2.45) is 11.8 Å². The molecule has 1 aromatic rings. The summed E-state index contributed by atoms with van der Waals surface area (Å²) in [7, 11) is 0. The molecule has 0 aliphatic heterocycles. The van der Waals surface area contributed by atoms with Gasteiger partial charge in [0.2, 0.25) is 0 Å². The van der Waals surface area contributed by atoms with Gasteiger partial charge in [0.25, 0.3) is 0 Å². The molecule has 0 amide bonds. The van der Waals surface area contributed by atoms with Crippen LogP contribution in [0.4, 0.5) is 0 Å². The van der Waals surface area contributed by atoms with Crippen molar-refractivity contribution in [3.8, 4) is 0 Å². The van der Waals surface area contributed by atoms with Gasteiger partial charge in [-0.2, -0.15) is 0 Å². The molecule has 0 heterocycles. The highest BCUT2D eigenvalue weighted by atomic mass is 14.3. The van der Waals surface area contributed by atoms with Gasteiger partial charge < -0.3 is 0 Å². The Morgan fingerprint density at radius 2 is 1.68 bits per heavy atom. The summed E-state index contributed by atoms with van der Waals surface area (Å²) in [6.45, 7) is 6.72. The van der Waals surface area contributed by atoms with Crippen LogP contribution in [0, 0.1) is 11.8 Å². The van der Waals surface area contributed by atoms with Gasteiger partial charge in [0.05, 0.1) is 0 Å². The van der Waals surface area contributed by atoms with Crippen LogP contribution in [0.3, 0.4) is 0 Å². The van der Waals surface area contributed by atoms with Crippen LogP contribution in [0.5, 0.6) is 0 Å². The minimum Gasteiger partial charge on any atom is -0.0691 e. The van der Waals surface area contributed by atoms with Crippen LogP contribution in [-0.2, 0) is 0 Å². The molecular weight excluding hydrogens is 228 g/mol. The molecule has 0 saturated carbocycles. The topological polar surface area (TPSA) is 0 Å². The average Bonchev–Trinajstić information content (AvgIpc) is 2.82. The Labute approximate surface area is 115 Å². The second kappa shape index (κ2) is 4.70. The Kier molecular flexibility index (Phi) is 3.02. The molecular formula is C19H20. The molecule has 1 aromatic carbocycles. The number of fused-ring (bicyclic) bond motifs is 1. The summed E-state index contributed by atoms with van der Waals surface area (Å²) < 4.78 is 0. The molecule has 0 fully saturated rings. The first-order chi connectivity index (χ1) is 9.15. The highest BCUT2D eigenvalue weighted by Gasteiger charge is 2.25. The molecule has 2 aliphatic carbocycles. The van der Waals surface area contributed by atoms with Gasteiger partial charge in [-0.3, -0.25) is 0 Å². The van der Waals surface area contributed by atoms with Crippen molar-refractivity contribution in [1.29, 1.82) is 0 Å². The molecule has 0 heteroatoms. The Morgan fingerprint density at radius 1 is 0.947 bits per heavy atom. The Morgan fingerprint density at radius 3 is 2.37 bits per heavy atom. The van der Waals surface area contributed by atoms with Crippen molar-refractivity contribution in [1.82, 2.24) is 0 Å². The molecule has 96 valence electrons. The Balaban J connectivity index is 2.06. The highest BCUT2D eigenvalue weighted by molar-refractivity contribution is 5.78. The largest absolute Gasteiger partial charge is 0.0691 e. The van der Waals surface area contributed by atoms with E-state index in [1.54, 1.807) is 0 Å². The molecule has 1 atom stereocenters. The smallest absolute Gasteiger partial charge is 0.0281 e. The number of benzene rings is 1. The van der Waals surface area contributed by atoms with Gasteiger partial charge in [-0.25, -0.2) is 0 Å². The minimum atomic E-state index is 0.448. The number of allylic oxidation sites excluding steroid dienone is 8. The van der Waals surface area contributed by atoms with Crippen molar-refractivity contribution in [2.45, 2.75) is 20.8 Å². The Hall–Kier alpha value is -1.82. The zero-order chi connectivity index (χ0) is 13.4. The van der Waals surface area contributed by atoms with E-state index >= 15 is 0 Å². The second-order valence-electron chi connectivity index (χ2n) is 5.80. The minimum absolute atomic E-state index is 0.448. The summed E-state index contributed by atoms with van der Waals surface area (Å²) in [6.07, 6.45) is 9.46. The SMILES string of the molecule is CC1=CC2=CC(C(C)C)=CC2C(c2ccccc2)=C1. The third-order valence-corrected chi connectivity index (χ3v) is 3.94. The van der Waals surface area contributed by atoms with Gasteiger partial charge in [-0.1, -0.05) is 74.1 Å². The van der Waals surface area contributed by atoms with Crippen molar-refractivity contribution in [2.75, 3.05) is 0 Å². The first-order valence-electron chi connectivity index (χ1n) is 7.04. The van der Waals surface area contributed by atoms with Gasteiger partial charge in [0, 0.05) is 5.92 Å². The van der Waals surface area contributed by atoms with E-state index in [9.17, 15) is 0 Å². The van der Waals surface area contributed by atoms with E-state index in [1.807, 2.05) is 0 Å². The summed E-state index contributed by atoms with van der Waals surface area (Å²) in [4.78, 5) is 0. The second-order valence-corrected chi connectivity index (χ2v) is 5.80. The molecule has 3 rings (SSSR count). The maximum absolute atomic E-state index is 2.43. The summed E-state index contributed by atoms with van der Waals surface area (Å²) in [6, 6.07) is 10.7. The lowest BCUT2D eigenvalue weighted by molar-refractivity contribution is 0.790. The van der Waals surface area contributed by atoms with Crippen LogP contribution in [-0.4, -0.2) is 0 Å². The normalized spacial score (nSPS) is 21.6. The summed E-state index contributed by atoms with van der Waals surface area (Å²) in [5.41, 5.74) is 7.03. The summed E-state index contributed by atoms with van der Waals surface area (Å²) in [5.74, 6) is 1.05. The molecule has 0 spiro atoms. The third kappa shape index (κ3) is 2.23. The van der Waals surface area contributed by atoms with Crippen molar-refractivity contribution < 1.29 is 0 Å². The van der Waals surface area contributed by atoms with E-state index in [0.717, 1.165) is 0 Å². The highest BCUT2D eigenvalue weighted by Crippen LogP contribution is 2.41. The third-order valence-electron chi connectivity index (χ3n) is 3.94. The number of hydrogen-bond donors (Lipinski definition) is 0. The molecule has 0 radical (unpaired) electrons. The van der Waals surface area contributed by atoms with E-state index in [1.165, 1.54) is 27.9 Å². The maximum atomic E-state index is 2.43. The number of rotatable bonds is 2. The van der Waals surface area contributed by atoms with Crippen LogP contribution in [0.15, 0.2) is 71.4 Å². The lowest BCUT2D eigenvalue weighted by Crippen LogP contribution is -2.05. The molecule has 0 aromatic heterocycles. The molecule has 2 aliphatic rings. The quantitative estimate of drug-likeness (QED) is 0.677. The Bertz CT molecular complexity index is 607. The lowest BCUT2D eigenvalue weighted by atomic mass is 9.83. The monoisotopic (exact) mass is 248 g/mol. The lowest BCUT2D eigenvalue weighted by Gasteiger charge is -2.21. The summed E-state index contributed by atoms with van der Waals surface area (Å²) in [5, 5.41) is 0. The van der Waals surface area contributed by atoms with Crippen LogP contribution in [0.2, 0.25) is 0 Å². The van der Waals surface area contributed by atoms with E-state index < -0.39 is 0 Å². The molecule has 1 unspecified atom stereocenters. The predicted molar refractivity (Wildman–Crippen MR) is 82.7 cm³/mol. The van der Waals surface area contributed by atoms with Crippen LogP contribution < -0.4 is 0 Å². The first kappa shape index (κ1) is 12.2. The van der Waals surface area contributed by atoms with Gasteiger partial charge in [-0.15, -0.1) is 0 Å². The van der Waals surface area contributed by atoms with Crippen molar-refractivity contribution in [3.05, 3.63) is 76.9 Å². The van der Waals surface area contributed by atoms with Crippen LogP contribution in [0.25, 0.3) is 5.57 Å². The first-order valence-corrected chi connectivity index (χ1v) is 7.04. The van der Waals surface area contributed by atoms with E-state index in [2.05, 4.69) is 75.4 Å². The van der Waals surface area contributed by atoms with Gasteiger partial charge >= 0.3 is 0 Å². The summed E-state index contributed by atoms with van der Waals surface area (Å²) >= 11 is 0.